The molecule has 0 spiro atoms. The van der Waals surface area contributed by atoms with Gasteiger partial charge in [0.1, 0.15) is 0 Å². The smallest absolute Gasteiger partial charge is 0.0541 e. The summed E-state index contributed by atoms with van der Waals surface area (Å²) in [6.45, 7) is 2.20. The summed E-state index contributed by atoms with van der Waals surface area (Å²) < 4.78 is 9.64. The lowest BCUT2D eigenvalue weighted by molar-refractivity contribution is 1.13. The molecule has 4 aromatic heterocycles. The zero-order valence-electron chi connectivity index (χ0n) is 79.7. The number of rotatable bonds is 11. The van der Waals surface area contributed by atoms with E-state index in [2.05, 4.69) is 565 Å². The summed E-state index contributed by atoms with van der Waals surface area (Å²) >= 11 is 0. The minimum Gasteiger partial charge on any atom is -0.309 e. The molecule has 26 aromatic carbocycles. The van der Waals surface area contributed by atoms with E-state index in [0.717, 1.165) is 16.9 Å². The molecule has 0 fully saturated rings. The van der Waals surface area contributed by atoms with Crippen LogP contribution in [-0.2, 0) is 0 Å². The summed E-state index contributed by atoms with van der Waals surface area (Å²) in [5.74, 6) is 0. The van der Waals surface area contributed by atoms with Crippen molar-refractivity contribution in [2.24, 2.45) is 0 Å². The first kappa shape index (κ1) is 84.1. The molecule has 0 unspecified atom stereocenters. The highest BCUT2D eigenvalue weighted by Gasteiger charge is 2.26. The molecule has 0 aliphatic rings. The highest BCUT2D eigenvalue weighted by atomic mass is 15.0. The van der Waals surface area contributed by atoms with Gasteiger partial charge in [0, 0.05) is 65.8 Å². The van der Waals surface area contributed by atoms with E-state index in [1.165, 1.54) is 263 Å². The first-order valence-corrected chi connectivity index (χ1v) is 50.2. The summed E-state index contributed by atoms with van der Waals surface area (Å²) in [6, 6.07) is 198. The van der Waals surface area contributed by atoms with Gasteiger partial charge in [0.15, 0.2) is 0 Å². The molecule has 0 atom stereocenters. The van der Waals surface area contributed by atoms with Crippen LogP contribution in [0.1, 0.15) is 5.56 Å². The summed E-state index contributed by atoms with van der Waals surface area (Å²) in [7, 11) is 0. The summed E-state index contributed by atoms with van der Waals surface area (Å²) in [5.41, 5.74) is 33.1. The Kier molecular flexibility index (Phi) is 20.2. The third kappa shape index (κ3) is 13.9. The van der Waals surface area contributed by atoms with Gasteiger partial charge in [-0.3, -0.25) is 0 Å². The first-order valence-electron chi connectivity index (χ1n) is 50.2. The zero-order valence-corrected chi connectivity index (χ0v) is 79.7. The van der Waals surface area contributed by atoms with Crippen LogP contribution in [0.5, 0.6) is 0 Å². The van der Waals surface area contributed by atoms with Crippen molar-refractivity contribution in [1.29, 1.82) is 0 Å². The molecule has 0 radical (unpaired) electrons. The van der Waals surface area contributed by atoms with E-state index in [9.17, 15) is 0 Å². The van der Waals surface area contributed by atoms with Crippen molar-refractivity contribution >= 4 is 173 Å². The molecule has 676 valence electrons. The number of para-hydroxylation sites is 8. The van der Waals surface area contributed by atoms with E-state index >= 15 is 0 Å². The Balaban J connectivity index is 0.000000107. The highest BCUT2D eigenvalue weighted by Crippen LogP contribution is 2.52. The van der Waals surface area contributed by atoms with Gasteiger partial charge in [-0.2, -0.15) is 0 Å². The van der Waals surface area contributed by atoms with Crippen molar-refractivity contribution in [1.82, 2.24) is 18.3 Å². The average Bonchev–Trinajstić information content (AvgIpc) is 1.74. The third-order valence-corrected chi connectivity index (χ3v) is 30.3. The van der Waals surface area contributed by atoms with Gasteiger partial charge in [0.25, 0.3) is 0 Å². The van der Waals surface area contributed by atoms with Crippen molar-refractivity contribution < 1.29 is 0 Å². The highest BCUT2D eigenvalue weighted by molar-refractivity contribution is 6.27. The maximum Gasteiger partial charge on any atom is 0.0541 e. The normalized spacial score (nSPS) is 11.8. The molecule has 30 rings (SSSR count). The fourth-order valence-corrected chi connectivity index (χ4v) is 24.1. The Hall–Kier alpha value is -19.0. The van der Waals surface area contributed by atoms with E-state index < -0.39 is 0 Å². The number of hydrogen-bond acceptors (Lipinski definition) is 0. The number of fused-ring (bicyclic) bond motifs is 20. The predicted octanol–water partition coefficient (Wildman–Crippen LogP) is 38.7. The van der Waals surface area contributed by atoms with Crippen LogP contribution in [0.15, 0.2) is 540 Å². The molecule has 0 saturated carbocycles. The van der Waals surface area contributed by atoms with Crippen LogP contribution in [0, 0.1) is 6.92 Å². The lowest BCUT2D eigenvalue weighted by Crippen LogP contribution is -2.00. The van der Waals surface area contributed by atoms with E-state index in [0.29, 0.717) is 0 Å². The molecule has 4 nitrogen and oxygen atoms in total. The fraction of sp³-hybridized carbons (Fsp3) is 0.00709. The molecule has 4 heteroatoms. The Bertz CT molecular complexity index is 10000. The van der Waals surface area contributed by atoms with E-state index in [1.807, 2.05) is 0 Å². The largest absolute Gasteiger partial charge is 0.309 e. The quantitative estimate of drug-likeness (QED) is 0.115. The molecule has 4 heterocycles. The van der Waals surface area contributed by atoms with Crippen molar-refractivity contribution in [3.63, 3.8) is 0 Å². The average molecular weight is 1840 g/mol. The molecule has 0 saturated heterocycles. The van der Waals surface area contributed by atoms with Gasteiger partial charge in [0.2, 0.25) is 0 Å². The van der Waals surface area contributed by atoms with Gasteiger partial charge in [-0.1, -0.05) is 454 Å². The minimum atomic E-state index is 1.13. The van der Waals surface area contributed by atoms with Crippen molar-refractivity contribution in [3.05, 3.63) is 545 Å². The molecule has 0 aliphatic carbocycles. The van der Waals surface area contributed by atoms with Gasteiger partial charge in [0.05, 0.1) is 44.1 Å². The second-order valence-corrected chi connectivity index (χ2v) is 38.3. The molecule has 30 aromatic rings. The van der Waals surface area contributed by atoms with Gasteiger partial charge in [-0.25, -0.2) is 0 Å². The van der Waals surface area contributed by atoms with Crippen LogP contribution in [0.3, 0.4) is 0 Å². The predicted molar refractivity (Wildman–Crippen MR) is 620 cm³/mol. The van der Waals surface area contributed by atoms with Crippen LogP contribution >= 0.6 is 0 Å². The van der Waals surface area contributed by atoms with Gasteiger partial charge < -0.3 is 18.3 Å². The number of hydrogen-bond donors (Lipinski definition) is 0. The summed E-state index contributed by atoms with van der Waals surface area (Å²) in [4.78, 5) is 0. The van der Waals surface area contributed by atoms with Crippen LogP contribution in [-0.4, -0.2) is 18.3 Å². The summed E-state index contributed by atoms with van der Waals surface area (Å²) in [5, 5.41) is 30.5. The number of benzene rings is 26. The Morgan fingerprint density at radius 3 is 0.634 bits per heavy atom. The lowest BCUT2D eigenvalue weighted by Gasteiger charge is -2.19. The Labute approximate surface area is 838 Å². The Morgan fingerprint density at radius 1 is 0.117 bits per heavy atom. The zero-order chi connectivity index (χ0) is 95.7. The SMILES string of the molecule is Cc1ccc2c(-c3cccc4ccccc34)c3ccccc3c(-c3ccc(-n4c5ccccc5c5ccccc54)cc3)c2c1.c1ccc(-c2c3ccccc3c(-c3ccc(-c4cc(-n5c6ccccc6c6ccccc65)cc(-n5c6ccccc6c6ccccc65)c4)cc3)c3ccccc23)cc1.c1ccc2c(-c3c4ccccc4c(-c4ccc(-n5c6ccccc6c6ccccc65)cc4)c4ccccc34)cccc2c1. The van der Waals surface area contributed by atoms with Crippen LogP contribution < -0.4 is 0 Å². The fourth-order valence-electron chi connectivity index (χ4n) is 24.1. The number of aryl methyl sites for hydroxylation is 1. The second kappa shape index (κ2) is 34.8. The van der Waals surface area contributed by atoms with Gasteiger partial charge in [-0.05, 0) is 262 Å². The molecule has 0 amide bonds. The topological polar surface area (TPSA) is 19.7 Å². The molecule has 0 N–H and O–H groups in total. The molecular formula is C141H92N4. The second-order valence-electron chi connectivity index (χ2n) is 38.3. The maximum atomic E-state index is 2.44. The number of aromatic nitrogens is 4. The molecule has 0 bridgehead atoms. The maximum absolute atomic E-state index is 2.44. The van der Waals surface area contributed by atoms with Crippen LogP contribution in [0.2, 0.25) is 0 Å². The standard InChI is InChI=1S/C56H36N2.C43H29N.C42H27N/c1-2-16-38(17-3-1)55-47-22-4-6-24-49(47)56(50-25-7-5-23-48(50)55)39-32-30-37(31-33-39)40-34-41(57-51-26-12-8-18-43(51)44-19-9-13-27-52(44)57)36-42(35-40)58-53-28-14-10-20-45(53)46-21-11-15-29-54(46)58;1-28-21-26-38-39(27-28)42(36-16-4-5-17-37(36)43(38)35-18-10-12-29-11-2-3-13-32(29)35)30-22-24-31(25-23-30)44-40-19-8-6-14-33(40)34-15-7-9-20-41(34)44;1-2-14-31-28(12-1)13-11-21-34(31)42-37-19-5-3-17-35(37)41(36-18-4-6-20-38(36)42)29-24-26-30(27-25-29)43-39-22-9-7-15-32(39)33-16-8-10-23-40(33)43/h1-36H;2-27H,1H3;1-27H. The van der Waals surface area contributed by atoms with Gasteiger partial charge >= 0.3 is 0 Å². The Morgan fingerprint density at radius 2 is 0.331 bits per heavy atom. The minimum absolute atomic E-state index is 1.13. The van der Waals surface area contributed by atoms with Crippen molar-refractivity contribution in [2.45, 2.75) is 6.92 Å². The third-order valence-electron chi connectivity index (χ3n) is 30.3. The van der Waals surface area contributed by atoms with E-state index in [4.69, 9.17) is 0 Å². The van der Waals surface area contributed by atoms with Crippen LogP contribution in [0.4, 0.5) is 0 Å². The molecule has 0 aliphatic heterocycles. The van der Waals surface area contributed by atoms with Crippen molar-refractivity contribution in [2.75, 3.05) is 0 Å². The summed E-state index contributed by atoms with van der Waals surface area (Å²) in [6.07, 6.45) is 0. The number of nitrogens with zero attached hydrogens (tertiary/aromatic N) is 4. The van der Waals surface area contributed by atoms with Crippen LogP contribution in [0.25, 0.3) is 274 Å². The molecule has 145 heavy (non-hydrogen) atoms. The molecular weight excluding hydrogens is 1750 g/mol. The lowest BCUT2D eigenvalue weighted by atomic mass is 9.84. The van der Waals surface area contributed by atoms with Crippen molar-refractivity contribution in [3.8, 4) is 101 Å². The monoisotopic (exact) mass is 1840 g/mol. The van der Waals surface area contributed by atoms with E-state index in [-0.39, 0.29) is 0 Å². The van der Waals surface area contributed by atoms with E-state index in [1.54, 1.807) is 0 Å². The first-order chi connectivity index (χ1) is 71.9. The van der Waals surface area contributed by atoms with Gasteiger partial charge in [-0.15, -0.1) is 0 Å².